The lowest BCUT2D eigenvalue weighted by atomic mass is 10.1. The maximum atomic E-state index is 12.4. The first-order valence-corrected chi connectivity index (χ1v) is 6.51. The van der Waals surface area contributed by atoms with Crippen LogP contribution in [-0.4, -0.2) is 23.0 Å². The molecule has 0 fully saturated rings. The summed E-state index contributed by atoms with van der Waals surface area (Å²) in [5, 5.41) is 0. The molecule has 0 amide bonds. The van der Waals surface area contributed by atoms with Crippen LogP contribution in [0.1, 0.15) is 5.56 Å². The van der Waals surface area contributed by atoms with Gasteiger partial charge in [0.25, 0.3) is 5.56 Å². The molecule has 0 unspecified atom stereocenters. The Labute approximate surface area is 128 Å². The van der Waals surface area contributed by atoms with Crippen molar-refractivity contribution in [2.24, 2.45) is 0 Å². The van der Waals surface area contributed by atoms with Crippen molar-refractivity contribution in [1.29, 1.82) is 0 Å². The summed E-state index contributed by atoms with van der Waals surface area (Å²) in [4.78, 5) is 25.1. The number of ether oxygens (including phenoxy) is 2. The van der Waals surface area contributed by atoms with Crippen molar-refractivity contribution in [3.05, 3.63) is 56.9 Å². The fourth-order valence-electron chi connectivity index (χ4n) is 1.98. The molecule has 0 spiro atoms. The monoisotopic (exact) mass is 330 g/mol. The van der Waals surface area contributed by atoms with Crippen molar-refractivity contribution in [1.82, 2.24) is 9.55 Å². The van der Waals surface area contributed by atoms with E-state index in [0.717, 1.165) is 4.57 Å². The predicted octanol–water partition coefficient (Wildman–Crippen LogP) is 1.69. The molecule has 1 aromatic heterocycles. The number of hydrogen-bond acceptors (Lipinski definition) is 4. The van der Waals surface area contributed by atoms with Crippen LogP contribution in [0.2, 0.25) is 0 Å². The average molecular weight is 330 g/mol. The number of hydrogen-bond donors (Lipinski definition) is 1. The van der Waals surface area contributed by atoms with E-state index in [1.807, 2.05) is 0 Å². The minimum atomic E-state index is -4.80. The summed E-state index contributed by atoms with van der Waals surface area (Å²) in [6, 6.07) is 5.64. The number of aryl methyl sites for hydroxylation is 2. The van der Waals surface area contributed by atoms with Crippen LogP contribution in [0.25, 0.3) is 0 Å². The molecule has 1 aromatic carbocycles. The molecular weight excluding hydrogens is 317 g/mol. The van der Waals surface area contributed by atoms with Gasteiger partial charge in [0.2, 0.25) is 5.75 Å². The standard InChI is InChI=1S/C14H13F3N2O4/c1-22-11-8-19(13(21)18-12(11)20)7-6-9-4-2-3-5-10(9)23-14(15,16)17/h2-5,8H,6-7H2,1H3,(H,18,20,21). The zero-order valence-corrected chi connectivity index (χ0v) is 12.0. The SMILES string of the molecule is COc1cn(CCc2ccccc2OC(F)(F)F)c(=O)[nH]c1=O. The third-order valence-corrected chi connectivity index (χ3v) is 3.02. The Morgan fingerprint density at radius 1 is 1.17 bits per heavy atom. The first kappa shape index (κ1) is 16.7. The molecule has 9 heteroatoms. The molecule has 2 rings (SSSR count). The zero-order chi connectivity index (χ0) is 17.0. The quantitative estimate of drug-likeness (QED) is 0.905. The summed E-state index contributed by atoms with van der Waals surface area (Å²) in [5.41, 5.74) is -1.07. The van der Waals surface area contributed by atoms with Gasteiger partial charge < -0.3 is 9.47 Å². The van der Waals surface area contributed by atoms with E-state index in [9.17, 15) is 22.8 Å². The van der Waals surface area contributed by atoms with E-state index in [-0.39, 0.29) is 30.0 Å². The lowest BCUT2D eigenvalue weighted by molar-refractivity contribution is -0.274. The molecule has 0 aliphatic rings. The summed E-state index contributed by atoms with van der Waals surface area (Å²) in [6.45, 7) is 0.0458. The van der Waals surface area contributed by atoms with Crippen LogP contribution in [0, 0.1) is 0 Å². The Bertz CT molecular complexity index is 796. The number of aromatic nitrogens is 2. The van der Waals surface area contributed by atoms with Crippen LogP contribution >= 0.6 is 0 Å². The van der Waals surface area contributed by atoms with Crippen molar-refractivity contribution in [3.63, 3.8) is 0 Å². The first-order chi connectivity index (χ1) is 10.8. The Hall–Kier alpha value is -2.71. The number of nitrogens with zero attached hydrogens (tertiary/aromatic N) is 1. The lowest BCUT2D eigenvalue weighted by Gasteiger charge is -2.13. The smallest absolute Gasteiger partial charge is 0.490 e. The molecule has 0 radical (unpaired) electrons. The molecule has 0 bridgehead atoms. The van der Waals surface area contributed by atoms with E-state index in [4.69, 9.17) is 4.74 Å². The lowest BCUT2D eigenvalue weighted by Crippen LogP contribution is -2.30. The van der Waals surface area contributed by atoms with Crippen molar-refractivity contribution in [2.75, 3.05) is 7.11 Å². The molecule has 1 N–H and O–H groups in total. The highest BCUT2D eigenvalue weighted by Gasteiger charge is 2.31. The van der Waals surface area contributed by atoms with Gasteiger partial charge in [-0.2, -0.15) is 0 Å². The largest absolute Gasteiger partial charge is 0.573 e. The molecule has 23 heavy (non-hydrogen) atoms. The van der Waals surface area contributed by atoms with E-state index < -0.39 is 17.6 Å². The summed E-state index contributed by atoms with van der Waals surface area (Å²) in [5.74, 6) is -0.395. The molecule has 2 aromatic rings. The second-order valence-electron chi connectivity index (χ2n) is 4.56. The first-order valence-electron chi connectivity index (χ1n) is 6.51. The molecule has 0 atom stereocenters. The third-order valence-electron chi connectivity index (χ3n) is 3.02. The van der Waals surface area contributed by atoms with Gasteiger partial charge in [-0.05, 0) is 18.1 Å². The maximum absolute atomic E-state index is 12.4. The van der Waals surface area contributed by atoms with Crippen molar-refractivity contribution >= 4 is 0 Å². The molecular formula is C14H13F3N2O4. The van der Waals surface area contributed by atoms with Crippen molar-refractivity contribution in [3.8, 4) is 11.5 Å². The van der Waals surface area contributed by atoms with Gasteiger partial charge in [-0.15, -0.1) is 13.2 Å². The minimum absolute atomic E-state index is 0.0458. The topological polar surface area (TPSA) is 73.3 Å². The number of nitrogens with one attached hydrogen (secondary N) is 1. The highest BCUT2D eigenvalue weighted by molar-refractivity contribution is 5.33. The number of H-pyrrole nitrogens is 1. The van der Waals surface area contributed by atoms with Crippen LogP contribution in [-0.2, 0) is 13.0 Å². The Morgan fingerprint density at radius 2 is 1.87 bits per heavy atom. The number of benzene rings is 1. The minimum Gasteiger partial charge on any atom is -0.490 e. The number of alkyl halides is 3. The maximum Gasteiger partial charge on any atom is 0.573 e. The van der Waals surface area contributed by atoms with Gasteiger partial charge in [-0.25, -0.2) is 4.79 Å². The molecule has 0 saturated carbocycles. The molecule has 0 aliphatic heterocycles. The molecule has 124 valence electrons. The van der Waals surface area contributed by atoms with Crippen molar-refractivity contribution < 1.29 is 22.6 Å². The van der Waals surface area contributed by atoms with Crippen LogP contribution < -0.4 is 20.7 Å². The number of halogens is 3. The van der Waals surface area contributed by atoms with Gasteiger partial charge in [0.1, 0.15) is 5.75 Å². The molecule has 1 heterocycles. The van der Waals surface area contributed by atoms with Crippen LogP contribution in [0.4, 0.5) is 13.2 Å². The van der Waals surface area contributed by atoms with Gasteiger partial charge in [0.05, 0.1) is 13.3 Å². The third kappa shape index (κ3) is 4.38. The molecule has 6 nitrogen and oxygen atoms in total. The second-order valence-corrected chi connectivity index (χ2v) is 4.56. The normalized spacial score (nSPS) is 11.3. The van der Waals surface area contributed by atoms with Gasteiger partial charge >= 0.3 is 12.1 Å². The van der Waals surface area contributed by atoms with Gasteiger partial charge in [0.15, 0.2) is 0 Å². The summed E-state index contributed by atoms with van der Waals surface area (Å²) < 4.78 is 47.0. The van der Waals surface area contributed by atoms with Gasteiger partial charge in [0, 0.05) is 6.54 Å². The summed E-state index contributed by atoms with van der Waals surface area (Å²) >= 11 is 0. The van der Waals surface area contributed by atoms with Crippen LogP contribution in [0.15, 0.2) is 40.1 Å². The van der Waals surface area contributed by atoms with E-state index in [1.165, 1.54) is 31.5 Å². The van der Waals surface area contributed by atoms with Crippen molar-refractivity contribution in [2.45, 2.75) is 19.3 Å². The second kappa shape index (κ2) is 6.59. The van der Waals surface area contributed by atoms with Gasteiger partial charge in [-0.1, -0.05) is 18.2 Å². The molecule has 0 saturated heterocycles. The highest BCUT2D eigenvalue weighted by Crippen LogP contribution is 2.26. The predicted molar refractivity (Wildman–Crippen MR) is 74.7 cm³/mol. The van der Waals surface area contributed by atoms with Crippen LogP contribution in [0.5, 0.6) is 11.5 Å². The van der Waals surface area contributed by atoms with E-state index >= 15 is 0 Å². The van der Waals surface area contributed by atoms with Gasteiger partial charge in [-0.3, -0.25) is 14.3 Å². The summed E-state index contributed by atoms with van der Waals surface area (Å²) in [6.07, 6.45) is -3.50. The summed E-state index contributed by atoms with van der Waals surface area (Å²) in [7, 11) is 1.27. The van der Waals surface area contributed by atoms with E-state index in [2.05, 4.69) is 9.72 Å². The van der Waals surface area contributed by atoms with E-state index in [1.54, 1.807) is 6.07 Å². The van der Waals surface area contributed by atoms with E-state index in [0.29, 0.717) is 0 Å². The average Bonchev–Trinajstić information content (AvgIpc) is 2.46. The zero-order valence-electron chi connectivity index (χ0n) is 12.0. The molecule has 0 aliphatic carbocycles. The number of methoxy groups -OCH3 is 1. The number of para-hydroxylation sites is 1. The Morgan fingerprint density at radius 3 is 2.52 bits per heavy atom. The fraction of sp³-hybridized carbons (Fsp3) is 0.286. The van der Waals surface area contributed by atoms with Crippen LogP contribution in [0.3, 0.4) is 0 Å². The Kier molecular flexibility index (Phi) is 4.77. The number of aromatic amines is 1. The fourth-order valence-corrected chi connectivity index (χ4v) is 1.98. The highest BCUT2D eigenvalue weighted by atomic mass is 19.4. The Balaban J connectivity index is 2.22. The number of rotatable bonds is 5.